The van der Waals surface area contributed by atoms with Crippen molar-refractivity contribution in [2.45, 2.75) is 24.5 Å². The Balaban J connectivity index is 2.15. The van der Waals surface area contributed by atoms with Crippen LogP contribution in [0.1, 0.15) is 16.6 Å². The number of nitrogens with zero attached hydrogens (tertiary/aromatic N) is 2. The van der Waals surface area contributed by atoms with E-state index in [4.69, 9.17) is 15.6 Å². The number of hydrogen-bond acceptors (Lipinski definition) is 17. The number of rotatable bonds is 9. The van der Waals surface area contributed by atoms with Gasteiger partial charge in [-0.2, -0.15) is 4.98 Å². The second-order valence-electron chi connectivity index (χ2n) is 5.88. The molecule has 0 aliphatic carbocycles. The fraction of sp³-hybridized carbons (Fsp3) is 0.500. The van der Waals surface area contributed by atoms with Crippen LogP contribution < -0.4 is 31.0 Å². The van der Waals surface area contributed by atoms with Crippen molar-refractivity contribution in [1.29, 1.82) is 0 Å². The van der Waals surface area contributed by atoms with E-state index in [-0.39, 0.29) is 0 Å². The Morgan fingerprint density at radius 3 is 2.28 bits per heavy atom. The van der Waals surface area contributed by atoms with Crippen LogP contribution in [0, 0.1) is 0 Å². The number of aromatic carboxylic acids is 1. The summed E-state index contributed by atoms with van der Waals surface area (Å²) < 4.78 is 48.8. The minimum Gasteiger partial charge on any atom is -0.790 e. The quantitative estimate of drug-likeness (QED) is 0.220. The Hall–Kier alpha value is -1.56. The highest BCUT2D eigenvalue weighted by molar-refractivity contribution is 7.64. The molecule has 19 nitrogen and oxygen atoms in total. The smallest absolute Gasteiger partial charge is 0.351 e. The molecular formula is C10H12N3O16P3-4. The Morgan fingerprint density at radius 1 is 1.16 bits per heavy atom. The number of carboxylic acid groups (broad SMARTS) is 1. The minimum atomic E-state index is -6.22. The number of phosphoric ester groups is 1. The topological polar surface area (TPSA) is 319 Å². The van der Waals surface area contributed by atoms with E-state index >= 15 is 0 Å². The molecular weight excluding hydrogens is 511 g/mol. The Kier molecular flexibility index (Phi) is 7.81. The summed E-state index contributed by atoms with van der Waals surface area (Å²) in [5, 5.41) is 29.1. The number of phosphoric acid groups is 3. The second-order valence-corrected chi connectivity index (χ2v) is 10.1. The highest BCUT2D eigenvalue weighted by Gasteiger charge is 2.45. The van der Waals surface area contributed by atoms with Crippen LogP contribution in [0.4, 0.5) is 5.82 Å². The first-order valence-electron chi connectivity index (χ1n) is 7.77. The molecule has 0 amide bonds. The van der Waals surface area contributed by atoms with Crippen LogP contribution >= 0.6 is 23.5 Å². The van der Waals surface area contributed by atoms with Gasteiger partial charge in [-0.1, -0.05) is 0 Å². The zero-order valence-electron chi connectivity index (χ0n) is 15.1. The van der Waals surface area contributed by atoms with Gasteiger partial charge in [0, 0.05) is 6.20 Å². The lowest BCUT2D eigenvalue weighted by Gasteiger charge is -2.37. The molecule has 6 atom stereocenters. The van der Waals surface area contributed by atoms with Crippen molar-refractivity contribution in [1.82, 2.24) is 9.55 Å². The number of aliphatic hydroxyl groups is 2. The van der Waals surface area contributed by atoms with Crippen molar-refractivity contribution in [3.8, 4) is 0 Å². The lowest BCUT2D eigenvalue weighted by Crippen LogP contribution is -2.37. The average molecular weight is 523 g/mol. The van der Waals surface area contributed by atoms with Gasteiger partial charge in [0.15, 0.2) is 6.23 Å². The van der Waals surface area contributed by atoms with Gasteiger partial charge in [-0.05, 0) is 0 Å². The molecule has 1 aliphatic rings. The fourth-order valence-electron chi connectivity index (χ4n) is 2.37. The summed E-state index contributed by atoms with van der Waals surface area (Å²) in [6.45, 7) is -1.26. The molecule has 1 aromatic heterocycles. The van der Waals surface area contributed by atoms with Gasteiger partial charge >= 0.3 is 11.7 Å². The first-order chi connectivity index (χ1) is 14.4. The lowest BCUT2D eigenvalue weighted by atomic mass is 10.1. The van der Waals surface area contributed by atoms with Crippen LogP contribution in [0.3, 0.4) is 0 Å². The molecule has 2 rings (SSSR count). The normalized spacial score (nSPS) is 27.6. The molecule has 0 bridgehead atoms. The van der Waals surface area contributed by atoms with E-state index in [1.165, 1.54) is 0 Å². The summed E-state index contributed by atoms with van der Waals surface area (Å²) >= 11 is 0. The Bertz CT molecular complexity index is 1080. The third-order valence-electron chi connectivity index (χ3n) is 3.62. The van der Waals surface area contributed by atoms with E-state index < -0.39 is 77.7 Å². The van der Waals surface area contributed by atoms with Crippen LogP contribution in [0.25, 0.3) is 0 Å². The molecule has 6 unspecified atom stereocenters. The van der Waals surface area contributed by atoms with Crippen LogP contribution in [-0.4, -0.2) is 55.8 Å². The number of ether oxygens (including phenoxy) is 1. The van der Waals surface area contributed by atoms with Gasteiger partial charge in [0.2, 0.25) is 0 Å². The number of nitrogen functional groups attached to an aromatic ring is 1. The zero-order valence-corrected chi connectivity index (χ0v) is 17.7. The zero-order chi connectivity index (χ0) is 24.6. The predicted octanol–water partition coefficient (Wildman–Crippen LogP) is -5.04. The lowest BCUT2D eigenvalue weighted by molar-refractivity contribution is -0.339. The summed E-state index contributed by atoms with van der Waals surface area (Å²) in [4.78, 5) is 69.5. The van der Waals surface area contributed by atoms with Crippen LogP contribution in [0.5, 0.6) is 0 Å². The van der Waals surface area contributed by atoms with E-state index in [1.54, 1.807) is 0 Å². The summed E-state index contributed by atoms with van der Waals surface area (Å²) in [5.74, 6) is -2.27. The monoisotopic (exact) mass is 523 g/mol. The molecule has 182 valence electrons. The number of aliphatic hydroxyl groups excluding tert-OH is 2. The molecule has 1 fully saturated rings. The molecule has 1 saturated heterocycles. The number of nitrogens with two attached hydrogens (primary N) is 1. The van der Waals surface area contributed by atoms with Crippen molar-refractivity contribution < 1.29 is 71.3 Å². The van der Waals surface area contributed by atoms with Crippen molar-refractivity contribution in [2.24, 2.45) is 0 Å². The number of hydrogen-bond donors (Lipinski definition) is 4. The van der Waals surface area contributed by atoms with Crippen molar-refractivity contribution in [3.05, 3.63) is 22.2 Å². The predicted molar refractivity (Wildman–Crippen MR) is 86.7 cm³/mol. The van der Waals surface area contributed by atoms with Crippen LogP contribution in [0.2, 0.25) is 0 Å². The van der Waals surface area contributed by atoms with E-state index in [0.29, 0.717) is 10.8 Å². The fourth-order valence-corrected chi connectivity index (χ4v) is 5.24. The number of aromatic nitrogens is 2. The van der Waals surface area contributed by atoms with E-state index in [0.717, 1.165) is 0 Å². The van der Waals surface area contributed by atoms with Gasteiger partial charge in [-0.25, -0.2) is 13.9 Å². The summed E-state index contributed by atoms with van der Waals surface area (Å²) in [6, 6.07) is 0. The maximum absolute atomic E-state index is 12.0. The van der Waals surface area contributed by atoms with Gasteiger partial charge in [0.25, 0.3) is 15.6 Å². The van der Waals surface area contributed by atoms with Crippen molar-refractivity contribution in [2.75, 3.05) is 12.3 Å². The third kappa shape index (κ3) is 6.72. The third-order valence-corrected chi connectivity index (χ3v) is 7.29. The van der Waals surface area contributed by atoms with Gasteiger partial charge < -0.3 is 54.5 Å². The maximum Gasteiger partial charge on any atom is 0.351 e. The van der Waals surface area contributed by atoms with E-state index in [1.807, 2.05) is 0 Å². The Labute approximate surface area is 176 Å². The Morgan fingerprint density at radius 2 is 1.75 bits per heavy atom. The molecule has 5 N–H and O–H groups in total. The van der Waals surface area contributed by atoms with Gasteiger partial charge in [0.05, 0.1) is 14.4 Å². The largest absolute Gasteiger partial charge is 0.790 e. The summed E-state index contributed by atoms with van der Waals surface area (Å²) in [7, 11) is -18.3. The summed E-state index contributed by atoms with van der Waals surface area (Å²) in [6.07, 6.45) is -6.91. The molecule has 1 aromatic rings. The standard InChI is InChI=1S/C10H16N3O16P3/c11-7-3(9(16)17)1-13(10(18)12-7)8-6(15)5(14)4(27-8)2-26-31(22,23)29-32(24,25)28-30(19,20)21/h1,4-6,8,14-15H,2H2,(H,16,17)(H,22,23)(H,24,25)(H2,11,12,18)(H2,19,20,21)/p-4. The average Bonchev–Trinajstić information content (AvgIpc) is 2.85. The van der Waals surface area contributed by atoms with Gasteiger partial charge in [-0.3, -0.25) is 18.0 Å². The van der Waals surface area contributed by atoms with Crippen molar-refractivity contribution >= 4 is 35.3 Å². The minimum absolute atomic E-state index is 0.431. The first kappa shape index (κ1) is 26.7. The van der Waals surface area contributed by atoms with Crippen LogP contribution in [-0.2, 0) is 31.6 Å². The number of carbonyl (C=O) groups is 1. The van der Waals surface area contributed by atoms with Gasteiger partial charge in [-0.15, -0.1) is 0 Å². The second kappa shape index (κ2) is 9.36. The number of anilines is 1. The molecule has 0 aromatic carbocycles. The number of carboxylic acids is 1. The molecule has 2 heterocycles. The van der Waals surface area contributed by atoms with Crippen LogP contribution in [0.15, 0.2) is 11.0 Å². The van der Waals surface area contributed by atoms with E-state index in [2.05, 4.69) is 18.1 Å². The highest BCUT2D eigenvalue weighted by atomic mass is 31.3. The van der Waals surface area contributed by atoms with Gasteiger partial charge in [0.1, 0.15) is 29.7 Å². The molecule has 1 aliphatic heterocycles. The molecule has 0 spiro atoms. The molecule has 0 radical (unpaired) electrons. The molecule has 32 heavy (non-hydrogen) atoms. The first-order valence-corrected chi connectivity index (χ1v) is 12.2. The molecule has 22 heteroatoms. The summed E-state index contributed by atoms with van der Waals surface area (Å²) in [5.41, 5.74) is 3.40. The molecule has 0 saturated carbocycles. The highest BCUT2D eigenvalue weighted by Crippen LogP contribution is 2.60. The van der Waals surface area contributed by atoms with E-state index in [9.17, 15) is 53.1 Å². The van der Waals surface area contributed by atoms with Crippen molar-refractivity contribution in [3.63, 3.8) is 0 Å². The maximum atomic E-state index is 12.0. The SMILES string of the molecule is Nc1nc(=O)n(C2OC(COP(=O)([O-])OP(=O)([O-])OP(=O)([O-])[O-])C(O)C2O)cc1C(=O)O.